The van der Waals surface area contributed by atoms with E-state index in [4.69, 9.17) is 9.73 Å². The van der Waals surface area contributed by atoms with E-state index in [2.05, 4.69) is 26.9 Å². The third kappa shape index (κ3) is 6.23. The summed E-state index contributed by atoms with van der Waals surface area (Å²) in [5.41, 5.74) is 2.20. The number of aromatic nitrogens is 3. The van der Waals surface area contributed by atoms with Gasteiger partial charge in [-0.05, 0) is 18.6 Å². The van der Waals surface area contributed by atoms with Crippen LogP contribution in [0.4, 0.5) is 0 Å². The zero-order valence-electron chi connectivity index (χ0n) is 18.9. The summed E-state index contributed by atoms with van der Waals surface area (Å²) in [7, 11) is 1.94. The molecule has 0 saturated carbocycles. The van der Waals surface area contributed by atoms with Crippen molar-refractivity contribution in [3.05, 3.63) is 77.4 Å². The van der Waals surface area contributed by atoms with Crippen molar-refractivity contribution in [1.82, 2.24) is 25.4 Å². The molecule has 0 radical (unpaired) electrons. The van der Waals surface area contributed by atoms with Gasteiger partial charge in [0.2, 0.25) is 0 Å². The fourth-order valence-electron chi connectivity index (χ4n) is 3.78. The van der Waals surface area contributed by atoms with Crippen molar-refractivity contribution in [2.24, 2.45) is 12.0 Å². The van der Waals surface area contributed by atoms with Crippen LogP contribution in [0, 0.1) is 6.92 Å². The molecule has 0 amide bonds. The zero-order chi connectivity index (χ0) is 22.3. The molecule has 4 rings (SSSR count). The van der Waals surface area contributed by atoms with Crippen molar-refractivity contribution in [1.29, 1.82) is 0 Å². The van der Waals surface area contributed by atoms with Crippen LogP contribution < -0.4 is 15.4 Å². The number of fused-ring (bicyclic) bond motifs is 1. The van der Waals surface area contributed by atoms with Gasteiger partial charge in [-0.1, -0.05) is 48.5 Å². The minimum Gasteiger partial charge on any atom is -0.493 e. The highest BCUT2D eigenvalue weighted by molar-refractivity contribution is 14.0. The molecule has 33 heavy (non-hydrogen) atoms. The van der Waals surface area contributed by atoms with Gasteiger partial charge >= 0.3 is 0 Å². The van der Waals surface area contributed by atoms with Gasteiger partial charge < -0.3 is 25.0 Å². The molecular formula is C24H31IN6O2. The van der Waals surface area contributed by atoms with Crippen LogP contribution in [0.15, 0.2) is 59.6 Å². The molecule has 2 aromatic carbocycles. The van der Waals surface area contributed by atoms with Crippen LogP contribution in [-0.2, 0) is 13.6 Å². The van der Waals surface area contributed by atoms with Gasteiger partial charge in [0.25, 0.3) is 0 Å². The molecule has 0 saturated heterocycles. The molecule has 0 aliphatic carbocycles. The Kier molecular flexibility index (Phi) is 9.07. The average molecular weight is 562 g/mol. The van der Waals surface area contributed by atoms with Crippen LogP contribution >= 0.6 is 24.0 Å². The lowest BCUT2D eigenvalue weighted by molar-refractivity contribution is 0.259. The van der Waals surface area contributed by atoms with Crippen molar-refractivity contribution in [2.75, 3.05) is 19.8 Å². The van der Waals surface area contributed by atoms with Gasteiger partial charge in [-0.25, -0.2) is 4.99 Å². The summed E-state index contributed by atoms with van der Waals surface area (Å²) in [6, 6.07) is 18.2. The molecule has 176 valence electrons. The number of hydrogen-bond donors (Lipinski definition) is 3. The first-order chi connectivity index (χ1) is 15.7. The highest BCUT2D eigenvalue weighted by Crippen LogP contribution is 2.31. The zero-order valence-corrected chi connectivity index (χ0v) is 21.3. The Morgan fingerprint density at radius 3 is 2.67 bits per heavy atom. The fourth-order valence-corrected chi connectivity index (χ4v) is 3.78. The molecule has 2 unspecified atom stereocenters. The molecule has 3 N–H and O–H groups in total. The second kappa shape index (κ2) is 12.0. The lowest BCUT2D eigenvalue weighted by atomic mass is 10.00. The molecule has 2 atom stereocenters. The SMILES string of the molecule is Cc1nnc(CN=C(NCC(CO)c2ccccc2)NC2CCOc3ccccc32)n1C.I. The van der Waals surface area contributed by atoms with E-state index < -0.39 is 0 Å². The number of aryl methyl sites for hydroxylation is 1. The Morgan fingerprint density at radius 2 is 1.94 bits per heavy atom. The topological polar surface area (TPSA) is 96.6 Å². The smallest absolute Gasteiger partial charge is 0.192 e. The van der Waals surface area contributed by atoms with Crippen LogP contribution in [0.1, 0.15) is 41.2 Å². The highest BCUT2D eigenvalue weighted by atomic mass is 127. The van der Waals surface area contributed by atoms with Crippen LogP contribution in [0.2, 0.25) is 0 Å². The summed E-state index contributed by atoms with van der Waals surface area (Å²) < 4.78 is 7.74. The normalized spacial score (nSPS) is 16.2. The van der Waals surface area contributed by atoms with E-state index in [1.54, 1.807) is 0 Å². The fraction of sp³-hybridized carbons (Fsp3) is 0.375. The van der Waals surface area contributed by atoms with Gasteiger partial charge in [0.1, 0.15) is 18.1 Å². The monoisotopic (exact) mass is 562 g/mol. The first-order valence-corrected chi connectivity index (χ1v) is 10.9. The minimum atomic E-state index is -0.0396. The number of hydrogen-bond acceptors (Lipinski definition) is 5. The molecule has 9 heteroatoms. The Bertz CT molecular complexity index is 1060. The van der Waals surface area contributed by atoms with Gasteiger partial charge in [0.05, 0.1) is 19.3 Å². The lowest BCUT2D eigenvalue weighted by Crippen LogP contribution is -2.43. The number of para-hydroxylation sites is 1. The van der Waals surface area contributed by atoms with Gasteiger partial charge in [-0.3, -0.25) is 0 Å². The molecule has 0 spiro atoms. The summed E-state index contributed by atoms with van der Waals surface area (Å²) in [4.78, 5) is 4.78. The maximum absolute atomic E-state index is 9.95. The van der Waals surface area contributed by atoms with E-state index >= 15 is 0 Å². The number of nitrogens with one attached hydrogen (secondary N) is 2. The predicted molar refractivity (Wildman–Crippen MR) is 139 cm³/mol. The molecule has 0 bridgehead atoms. The maximum Gasteiger partial charge on any atom is 0.192 e. The minimum absolute atomic E-state index is 0. The summed E-state index contributed by atoms with van der Waals surface area (Å²) in [5, 5.41) is 25.3. The number of aliphatic hydroxyl groups excluding tert-OH is 1. The van der Waals surface area contributed by atoms with Crippen LogP contribution in [0.5, 0.6) is 5.75 Å². The Balaban J connectivity index is 0.00000306. The first kappa shape index (κ1) is 25.0. The van der Waals surface area contributed by atoms with Crippen LogP contribution in [0.25, 0.3) is 0 Å². The number of aliphatic imine (C=N–C) groups is 1. The second-order valence-electron chi connectivity index (χ2n) is 7.93. The van der Waals surface area contributed by atoms with E-state index in [0.717, 1.165) is 34.9 Å². The van der Waals surface area contributed by atoms with Crippen molar-refractivity contribution < 1.29 is 9.84 Å². The third-order valence-electron chi connectivity index (χ3n) is 5.84. The largest absolute Gasteiger partial charge is 0.493 e. The van der Waals surface area contributed by atoms with Crippen molar-refractivity contribution in [2.45, 2.75) is 31.8 Å². The van der Waals surface area contributed by atoms with Crippen molar-refractivity contribution >= 4 is 29.9 Å². The number of nitrogens with zero attached hydrogens (tertiary/aromatic N) is 4. The Hall–Kier alpha value is -2.66. The van der Waals surface area contributed by atoms with Crippen molar-refractivity contribution in [3.8, 4) is 5.75 Å². The molecule has 1 aromatic heterocycles. The maximum atomic E-state index is 9.95. The van der Waals surface area contributed by atoms with Gasteiger partial charge in [-0.15, -0.1) is 34.2 Å². The number of guanidine groups is 1. The first-order valence-electron chi connectivity index (χ1n) is 10.9. The number of aliphatic hydroxyl groups is 1. The Morgan fingerprint density at radius 1 is 1.18 bits per heavy atom. The number of halogens is 1. The summed E-state index contributed by atoms with van der Waals surface area (Å²) in [5.74, 6) is 3.17. The van der Waals surface area contributed by atoms with E-state index in [1.165, 1.54) is 0 Å². The van der Waals surface area contributed by atoms with Crippen LogP contribution in [0.3, 0.4) is 0 Å². The van der Waals surface area contributed by atoms with E-state index in [9.17, 15) is 5.11 Å². The van der Waals surface area contributed by atoms with E-state index in [1.807, 2.05) is 67.1 Å². The van der Waals surface area contributed by atoms with Crippen LogP contribution in [-0.4, -0.2) is 45.6 Å². The average Bonchev–Trinajstić information content (AvgIpc) is 3.16. The number of ether oxygens (including phenoxy) is 1. The van der Waals surface area contributed by atoms with Crippen molar-refractivity contribution in [3.63, 3.8) is 0 Å². The second-order valence-corrected chi connectivity index (χ2v) is 7.93. The Labute approximate surface area is 211 Å². The molecule has 2 heterocycles. The van der Waals surface area contributed by atoms with E-state index in [0.29, 0.717) is 25.7 Å². The predicted octanol–water partition coefficient (Wildman–Crippen LogP) is 3.08. The molecule has 3 aromatic rings. The van der Waals surface area contributed by atoms with Gasteiger partial charge in [-0.2, -0.15) is 0 Å². The molecular weight excluding hydrogens is 531 g/mol. The summed E-state index contributed by atoms with van der Waals surface area (Å²) >= 11 is 0. The number of rotatable bonds is 7. The van der Waals surface area contributed by atoms with E-state index in [-0.39, 0.29) is 42.5 Å². The molecule has 0 fully saturated rings. The van der Waals surface area contributed by atoms with Gasteiger partial charge in [0.15, 0.2) is 11.8 Å². The quantitative estimate of drug-likeness (QED) is 0.233. The molecule has 1 aliphatic heterocycles. The standard InChI is InChI=1S/C24H30N6O2.HI/c1-17-28-29-23(30(17)2)15-26-24(25-14-19(16-31)18-8-4-3-5-9-18)27-21-12-13-32-22-11-7-6-10-20(21)22;/h3-11,19,21,31H,12-16H2,1-2H3,(H2,25,26,27);1H. The highest BCUT2D eigenvalue weighted by Gasteiger charge is 2.22. The molecule has 1 aliphatic rings. The summed E-state index contributed by atoms with van der Waals surface area (Å²) in [6.07, 6.45) is 0.836. The number of benzene rings is 2. The summed E-state index contributed by atoms with van der Waals surface area (Å²) in [6.45, 7) is 3.56. The lowest BCUT2D eigenvalue weighted by Gasteiger charge is -2.28. The van der Waals surface area contributed by atoms with Gasteiger partial charge in [0, 0.05) is 31.5 Å². The third-order valence-corrected chi connectivity index (χ3v) is 5.84. The molecule has 8 nitrogen and oxygen atoms in total.